The van der Waals surface area contributed by atoms with Crippen molar-refractivity contribution >= 4 is 22.4 Å². The van der Waals surface area contributed by atoms with Crippen LogP contribution in [0.2, 0.25) is 0 Å². The molecule has 0 aliphatic carbocycles. The van der Waals surface area contributed by atoms with Crippen LogP contribution >= 0.6 is 0 Å². The first kappa shape index (κ1) is 22.5. The molecule has 2 heterocycles. The van der Waals surface area contributed by atoms with Gasteiger partial charge in [-0.3, -0.25) is 4.98 Å². The molecule has 2 aromatic heterocycles. The minimum atomic E-state index is -4.39. The summed E-state index contributed by atoms with van der Waals surface area (Å²) < 4.78 is 44.9. The van der Waals surface area contributed by atoms with Gasteiger partial charge in [-0.2, -0.15) is 13.2 Å². The number of anilines is 2. The second kappa shape index (κ2) is 8.69. The maximum atomic E-state index is 12.9. The van der Waals surface area contributed by atoms with Crippen molar-refractivity contribution in [3.8, 4) is 17.0 Å². The molecule has 0 saturated heterocycles. The van der Waals surface area contributed by atoms with Crippen molar-refractivity contribution in [2.75, 3.05) is 5.32 Å². The molecule has 0 radical (unpaired) electrons. The van der Waals surface area contributed by atoms with Crippen LogP contribution in [0.4, 0.5) is 24.7 Å². The zero-order valence-corrected chi connectivity index (χ0v) is 18.7. The molecule has 0 atom stereocenters. The van der Waals surface area contributed by atoms with Gasteiger partial charge in [-0.1, -0.05) is 6.07 Å². The lowest BCUT2D eigenvalue weighted by molar-refractivity contribution is -0.137. The van der Waals surface area contributed by atoms with Crippen LogP contribution in [0.15, 0.2) is 54.7 Å². The highest BCUT2D eigenvalue weighted by Gasteiger charge is 2.30. The summed E-state index contributed by atoms with van der Waals surface area (Å²) >= 11 is 0. The van der Waals surface area contributed by atoms with Gasteiger partial charge in [0.2, 0.25) is 0 Å². The predicted molar refractivity (Wildman–Crippen MR) is 123 cm³/mol. The van der Waals surface area contributed by atoms with Crippen molar-refractivity contribution in [1.29, 1.82) is 0 Å². The van der Waals surface area contributed by atoms with Crippen molar-refractivity contribution in [1.82, 2.24) is 15.0 Å². The summed E-state index contributed by atoms with van der Waals surface area (Å²) in [5.74, 6) is 1.54. The molecule has 0 spiro atoms. The first-order chi connectivity index (χ1) is 15.6. The van der Waals surface area contributed by atoms with Crippen molar-refractivity contribution in [2.45, 2.75) is 40.0 Å². The van der Waals surface area contributed by atoms with E-state index in [9.17, 15) is 13.2 Å². The Morgan fingerprint density at radius 1 is 0.970 bits per heavy atom. The molecule has 33 heavy (non-hydrogen) atoms. The zero-order valence-electron chi connectivity index (χ0n) is 18.7. The Morgan fingerprint density at radius 3 is 2.33 bits per heavy atom. The van der Waals surface area contributed by atoms with Gasteiger partial charge in [0.05, 0.1) is 28.3 Å². The van der Waals surface area contributed by atoms with Gasteiger partial charge in [-0.15, -0.1) is 0 Å². The van der Waals surface area contributed by atoms with E-state index in [1.54, 1.807) is 13.1 Å². The number of hydrogen-bond acceptors (Lipinski definition) is 5. The van der Waals surface area contributed by atoms with E-state index < -0.39 is 11.7 Å². The van der Waals surface area contributed by atoms with Crippen LogP contribution in [-0.2, 0) is 6.18 Å². The molecule has 0 amide bonds. The normalized spacial score (nSPS) is 11.8. The van der Waals surface area contributed by atoms with E-state index in [0.29, 0.717) is 34.0 Å². The minimum absolute atomic E-state index is 0.117. The minimum Gasteiger partial charge on any atom is -0.490 e. The Morgan fingerprint density at radius 2 is 1.70 bits per heavy atom. The number of halogens is 3. The largest absolute Gasteiger partial charge is 0.490 e. The number of aryl methyl sites for hydroxylation is 2. The number of aromatic nitrogens is 3. The summed E-state index contributed by atoms with van der Waals surface area (Å²) in [6.45, 7) is 7.59. The third kappa shape index (κ3) is 4.89. The van der Waals surface area contributed by atoms with Crippen LogP contribution < -0.4 is 10.1 Å². The number of pyridine rings is 1. The number of rotatable bonds is 5. The summed E-state index contributed by atoms with van der Waals surface area (Å²) in [7, 11) is 0. The van der Waals surface area contributed by atoms with Gasteiger partial charge in [0, 0.05) is 17.4 Å². The summed E-state index contributed by atoms with van der Waals surface area (Å²) in [5.41, 5.74) is 3.10. The molecular weight excluding hydrogens is 429 g/mol. The topological polar surface area (TPSA) is 59.9 Å². The number of hydrogen-bond donors (Lipinski definition) is 1. The Bertz CT molecular complexity index is 1300. The van der Waals surface area contributed by atoms with E-state index >= 15 is 0 Å². The fraction of sp³-hybridized carbons (Fsp3) is 0.240. The molecule has 5 nitrogen and oxygen atoms in total. The Hall–Kier alpha value is -3.68. The first-order valence-electron chi connectivity index (χ1n) is 10.5. The lowest BCUT2D eigenvalue weighted by Gasteiger charge is -2.18. The second-order valence-electron chi connectivity index (χ2n) is 8.02. The van der Waals surface area contributed by atoms with Gasteiger partial charge < -0.3 is 10.1 Å². The highest BCUT2D eigenvalue weighted by Crippen LogP contribution is 2.38. The van der Waals surface area contributed by atoms with Crippen LogP contribution in [0.25, 0.3) is 22.2 Å². The van der Waals surface area contributed by atoms with Gasteiger partial charge in [0.1, 0.15) is 17.4 Å². The molecule has 0 aliphatic rings. The van der Waals surface area contributed by atoms with Crippen LogP contribution in [0, 0.1) is 13.8 Å². The molecule has 2 aromatic carbocycles. The number of ether oxygens (including phenoxy) is 1. The molecule has 4 rings (SSSR count). The van der Waals surface area contributed by atoms with E-state index in [4.69, 9.17) is 4.74 Å². The zero-order chi connectivity index (χ0) is 23.8. The Balaban J connectivity index is 1.86. The van der Waals surface area contributed by atoms with Gasteiger partial charge in [0.15, 0.2) is 0 Å². The molecule has 0 bridgehead atoms. The first-order valence-corrected chi connectivity index (χ1v) is 10.5. The predicted octanol–water partition coefficient (Wildman–Crippen LogP) is 6.86. The number of nitrogens with zero attached hydrogens (tertiary/aromatic N) is 3. The quantitative estimate of drug-likeness (QED) is 0.359. The van der Waals surface area contributed by atoms with E-state index in [-0.39, 0.29) is 6.10 Å². The van der Waals surface area contributed by atoms with Gasteiger partial charge >= 0.3 is 6.18 Å². The summed E-state index contributed by atoms with van der Waals surface area (Å²) in [6, 6.07) is 12.5. The second-order valence-corrected chi connectivity index (χ2v) is 8.02. The lowest BCUT2D eigenvalue weighted by atomic mass is 10.0. The number of alkyl halides is 3. The van der Waals surface area contributed by atoms with Crippen molar-refractivity contribution in [3.05, 3.63) is 71.7 Å². The number of nitrogens with one attached hydrogen (secondary N) is 1. The van der Waals surface area contributed by atoms with Gasteiger partial charge in [-0.05, 0) is 75.7 Å². The highest BCUT2D eigenvalue weighted by atomic mass is 19.4. The van der Waals surface area contributed by atoms with Crippen molar-refractivity contribution in [3.63, 3.8) is 0 Å². The van der Waals surface area contributed by atoms with Gasteiger partial charge in [-0.25, -0.2) is 9.97 Å². The summed E-state index contributed by atoms with van der Waals surface area (Å²) in [4.78, 5) is 13.6. The fourth-order valence-corrected chi connectivity index (χ4v) is 3.59. The molecular formula is C25H23F3N4O. The van der Waals surface area contributed by atoms with E-state index in [1.165, 1.54) is 12.1 Å². The Labute approximate surface area is 189 Å². The van der Waals surface area contributed by atoms with Gasteiger partial charge in [0.25, 0.3) is 0 Å². The van der Waals surface area contributed by atoms with E-state index in [0.717, 1.165) is 29.0 Å². The molecule has 1 N–H and O–H groups in total. The fourth-order valence-electron chi connectivity index (χ4n) is 3.59. The lowest BCUT2D eigenvalue weighted by Crippen LogP contribution is -2.08. The van der Waals surface area contributed by atoms with E-state index in [2.05, 4.69) is 20.3 Å². The van der Waals surface area contributed by atoms with Crippen molar-refractivity contribution < 1.29 is 17.9 Å². The molecule has 0 aliphatic heterocycles. The molecule has 0 saturated carbocycles. The summed E-state index contributed by atoms with van der Waals surface area (Å²) in [6.07, 6.45) is -2.78. The SMILES string of the molecule is Cc1nc(Nc2ccc(C(F)(F)F)cc2)c2c(OC(C)C)cc(-c3ncccc3C)cc2n1. The smallest absolute Gasteiger partial charge is 0.416 e. The molecule has 4 aromatic rings. The van der Waals surface area contributed by atoms with E-state index in [1.807, 2.05) is 45.0 Å². The monoisotopic (exact) mass is 452 g/mol. The maximum absolute atomic E-state index is 12.9. The molecule has 8 heteroatoms. The number of benzene rings is 2. The third-order valence-electron chi connectivity index (χ3n) is 4.99. The highest BCUT2D eigenvalue weighted by molar-refractivity contribution is 5.98. The van der Waals surface area contributed by atoms with Crippen LogP contribution in [0.5, 0.6) is 5.75 Å². The van der Waals surface area contributed by atoms with Crippen LogP contribution in [0.1, 0.15) is 30.8 Å². The Kier molecular flexibility index (Phi) is 5.93. The third-order valence-corrected chi connectivity index (χ3v) is 4.99. The molecule has 0 fully saturated rings. The maximum Gasteiger partial charge on any atom is 0.416 e. The number of fused-ring (bicyclic) bond motifs is 1. The molecule has 0 unspecified atom stereocenters. The average Bonchev–Trinajstić information content (AvgIpc) is 2.72. The van der Waals surface area contributed by atoms with Crippen molar-refractivity contribution in [2.24, 2.45) is 0 Å². The van der Waals surface area contributed by atoms with Crippen LogP contribution in [-0.4, -0.2) is 21.1 Å². The molecule has 170 valence electrons. The standard InChI is InChI=1S/C25H23F3N4O/c1-14(2)33-21-13-17(23-15(3)6-5-11-29-23)12-20-22(21)24(31-16(4)30-20)32-19-9-7-18(8-10-19)25(26,27)28/h5-14H,1-4H3,(H,30,31,32). The summed E-state index contributed by atoms with van der Waals surface area (Å²) in [5, 5.41) is 3.78. The average molecular weight is 452 g/mol. The van der Waals surface area contributed by atoms with Crippen LogP contribution in [0.3, 0.4) is 0 Å².